The minimum absolute atomic E-state index is 0.367. The lowest BCUT2D eigenvalue weighted by molar-refractivity contribution is 0.187. The van der Waals surface area contributed by atoms with E-state index in [2.05, 4.69) is 10.3 Å². The van der Waals surface area contributed by atoms with Gasteiger partial charge in [0, 0.05) is 50.7 Å². The van der Waals surface area contributed by atoms with E-state index >= 15 is 4.39 Å². The van der Waals surface area contributed by atoms with Gasteiger partial charge in [0.2, 0.25) is 0 Å². The number of aromatic nitrogens is 1. The molecule has 0 spiro atoms. The minimum Gasteiger partial charge on any atom is -0.383 e. The van der Waals surface area contributed by atoms with Crippen molar-refractivity contribution in [2.75, 3.05) is 17.6 Å². The van der Waals surface area contributed by atoms with E-state index in [1.807, 2.05) is 32.0 Å². The Labute approximate surface area is 149 Å². The Morgan fingerprint density at radius 2 is 2.12 bits per heavy atom. The first-order valence-electron chi connectivity index (χ1n) is 8.24. The summed E-state index contributed by atoms with van der Waals surface area (Å²) in [7, 11) is 0. The molecule has 1 aliphatic rings. The van der Waals surface area contributed by atoms with Gasteiger partial charge in [-0.2, -0.15) is 0 Å². The Bertz CT molecular complexity index is 981. The van der Waals surface area contributed by atoms with Gasteiger partial charge in [-0.25, -0.2) is 4.39 Å². The van der Waals surface area contributed by atoms with Crippen LogP contribution >= 0.6 is 11.8 Å². The number of rotatable bonds is 2. The van der Waals surface area contributed by atoms with E-state index in [1.165, 1.54) is 6.07 Å². The van der Waals surface area contributed by atoms with Crippen LogP contribution in [0.3, 0.4) is 0 Å². The maximum atomic E-state index is 15.2. The molecule has 0 saturated heterocycles. The molecule has 0 saturated carbocycles. The van der Waals surface area contributed by atoms with E-state index in [1.54, 1.807) is 11.8 Å². The van der Waals surface area contributed by atoms with Crippen molar-refractivity contribution < 1.29 is 9.50 Å². The molecule has 1 aliphatic heterocycles. The Kier molecular flexibility index (Phi) is 3.98. The molecule has 0 aliphatic carbocycles. The fourth-order valence-electron chi connectivity index (χ4n) is 3.51. The molecule has 0 fully saturated rings. The van der Waals surface area contributed by atoms with Crippen LogP contribution in [-0.4, -0.2) is 22.4 Å². The van der Waals surface area contributed by atoms with Crippen LogP contribution in [0.2, 0.25) is 0 Å². The van der Waals surface area contributed by atoms with Crippen LogP contribution < -0.4 is 11.1 Å². The largest absolute Gasteiger partial charge is 0.383 e. The molecule has 0 bridgehead atoms. The third-order valence-electron chi connectivity index (χ3n) is 4.83. The number of thioether (sulfide) groups is 1. The molecule has 25 heavy (non-hydrogen) atoms. The molecule has 6 heteroatoms. The number of aromatic amines is 1. The second-order valence-electron chi connectivity index (χ2n) is 6.35. The molecule has 3 aromatic rings. The SMILES string of the molecule is Cc1[nH]c2c(C(N)O)cc(F)c(-c3cccc4c3SCCN4)c2c1C. The van der Waals surface area contributed by atoms with Gasteiger partial charge in [-0.15, -0.1) is 11.8 Å². The average Bonchev–Trinajstić information content (AvgIpc) is 2.89. The highest BCUT2D eigenvalue weighted by molar-refractivity contribution is 7.99. The van der Waals surface area contributed by atoms with Crippen LogP contribution in [0, 0.1) is 19.7 Å². The zero-order chi connectivity index (χ0) is 17.7. The Balaban J connectivity index is 2.10. The Hall–Kier alpha value is -2.02. The summed E-state index contributed by atoms with van der Waals surface area (Å²) in [5.74, 6) is 0.577. The van der Waals surface area contributed by atoms with E-state index in [0.29, 0.717) is 16.6 Å². The van der Waals surface area contributed by atoms with Crippen LogP contribution in [0.25, 0.3) is 22.0 Å². The van der Waals surface area contributed by atoms with Gasteiger partial charge in [-0.3, -0.25) is 0 Å². The minimum atomic E-state index is -1.23. The number of benzene rings is 2. The summed E-state index contributed by atoms with van der Waals surface area (Å²) in [6.07, 6.45) is -1.23. The number of aliphatic hydroxyl groups excluding tert-OH is 1. The normalized spacial score (nSPS) is 15.1. The fourth-order valence-corrected chi connectivity index (χ4v) is 4.54. The number of nitrogens with one attached hydrogen (secondary N) is 2. The van der Waals surface area contributed by atoms with Gasteiger partial charge in [0.15, 0.2) is 0 Å². The first-order valence-corrected chi connectivity index (χ1v) is 9.22. The highest BCUT2D eigenvalue weighted by Crippen LogP contribution is 2.44. The number of H-pyrrole nitrogens is 1. The van der Waals surface area contributed by atoms with Crippen molar-refractivity contribution in [3.05, 3.63) is 46.9 Å². The van der Waals surface area contributed by atoms with Gasteiger partial charge < -0.3 is 21.1 Å². The number of halogens is 1. The van der Waals surface area contributed by atoms with Gasteiger partial charge in [-0.05, 0) is 31.5 Å². The summed E-state index contributed by atoms with van der Waals surface area (Å²) in [4.78, 5) is 4.33. The number of nitrogens with two attached hydrogens (primary N) is 1. The summed E-state index contributed by atoms with van der Waals surface area (Å²) in [6, 6.07) is 7.27. The van der Waals surface area contributed by atoms with Crippen molar-refractivity contribution in [1.82, 2.24) is 4.98 Å². The Morgan fingerprint density at radius 3 is 2.88 bits per heavy atom. The van der Waals surface area contributed by atoms with E-state index in [-0.39, 0.29) is 5.82 Å². The van der Waals surface area contributed by atoms with Crippen molar-refractivity contribution in [1.29, 1.82) is 0 Å². The maximum Gasteiger partial charge on any atom is 0.132 e. The molecular weight excluding hydrogens is 337 g/mol. The van der Waals surface area contributed by atoms with E-state index in [0.717, 1.165) is 45.1 Å². The summed E-state index contributed by atoms with van der Waals surface area (Å²) in [5.41, 5.74) is 11.1. The highest BCUT2D eigenvalue weighted by atomic mass is 32.2. The number of anilines is 1. The van der Waals surface area contributed by atoms with Crippen molar-refractivity contribution in [3.63, 3.8) is 0 Å². The summed E-state index contributed by atoms with van der Waals surface area (Å²) < 4.78 is 15.2. The highest BCUT2D eigenvalue weighted by Gasteiger charge is 2.24. The van der Waals surface area contributed by atoms with Crippen LogP contribution in [0.15, 0.2) is 29.2 Å². The molecule has 4 rings (SSSR count). The topological polar surface area (TPSA) is 74.1 Å². The lowest BCUT2D eigenvalue weighted by Crippen LogP contribution is -2.12. The van der Waals surface area contributed by atoms with Gasteiger partial charge in [0.1, 0.15) is 12.0 Å². The van der Waals surface area contributed by atoms with E-state index in [4.69, 9.17) is 5.73 Å². The van der Waals surface area contributed by atoms with Crippen molar-refractivity contribution in [2.45, 2.75) is 25.0 Å². The molecule has 1 unspecified atom stereocenters. The predicted molar refractivity (Wildman–Crippen MR) is 102 cm³/mol. The van der Waals surface area contributed by atoms with Crippen LogP contribution in [0.1, 0.15) is 23.0 Å². The molecule has 4 nitrogen and oxygen atoms in total. The maximum absolute atomic E-state index is 15.2. The van der Waals surface area contributed by atoms with Crippen LogP contribution in [-0.2, 0) is 0 Å². The quantitative estimate of drug-likeness (QED) is 0.522. The second kappa shape index (κ2) is 6.05. The first kappa shape index (κ1) is 16.4. The monoisotopic (exact) mass is 357 g/mol. The first-order chi connectivity index (χ1) is 12.0. The van der Waals surface area contributed by atoms with Crippen molar-refractivity contribution >= 4 is 28.4 Å². The van der Waals surface area contributed by atoms with Gasteiger partial charge in [0.25, 0.3) is 0 Å². The lowest BCUT2D eigenvalue weighted by atomic mass is 9.95. The zero-order valence-corrected chi connectivity index (χ0v) is 14.9. The van der Waals surface area contributed by atoms with Gasteiger partial charge in [0.05, 0.1) is 5.52 Å². The molecule has 0 radical (unpaired) electrons. The molecule has 1 aromatic heterocycles. The van der Waals surface area contributed by atoms with Gasteiger partial charge >= 0.3 is 0 Å². The molecule has 0 amide bonds. The molecule has 2 heterocycles. The zero-order valence-electron chi connectivity index (χ0n) is 14.1. The summed E-state index contributed by atoms with van der Waals surface area (Å²) >= 11 is 1.74. The standard InChI is InChI=1S/C19H20FN3OS/c1-9-10(2)23-17-12(19(21)24)8-13(20)16(15(9)17)11-4-3-5-14-18(11)25-7-6-22-14/h3-5,8,19,22-24H,6-7,21H2,1-2H3. The van der Waals surface area contributed by atoms with Crippen molar-refractivity contribution in [3.8, 4) is 11.1 Å². The van der Waals surface area contributed by atoms with Crippen LogP contribution in [0.4, 0.5) is 10.1 Å². The van der Waals surface area contributed by atoms with Crippen molar-refractivity contribution in [2.24, 2.45) is 5.73 Å². The van der Waals surface area contributed by atoms with Crippen LogP contribution in [0.5, 0.6) is 0 Å². The third kappa shape index (κ3) is 2.52. The molecular formula is C19H20FN3OS. The number of aliphatic hydroxyl groups is 1. The van der Waals surface area contributed by atoms with E-state index in [9.17, 15) is 5.11 Å². The Morgan fingerprint density at radius 1 is 1.32 bits per heavy atom. The number of fused-ring (bicyclic) bond motifs is 2. The third-order valence-corrected chi connectivity index (χ3v) is 5.96. The molecule has 5 N–H and O–H groups in total. The molecule has 2 aromatic carbocycles. The number of aryl methyl sites for hydroxylation is 2. The van der Waals surface area contributed by atoms with E-state index < -0.39 is 6.23 Å². The average molecular weight is 357 g/mol. The summed E-state index contributed by atoms with van der Waals surface area (Å²) in [5, 5.41) is 14.0. The fraction of sp³-hybridized carbons (Fsp3) is 0.263. The van der Waals surface area contributed by atoms with Gasteiger partial charge in [-0.1, -0.05) is 12.1 Å². The number of hydrogen-bond donors (Lipinski definition) is 4. The molecule has 130 valence electrons. The molecule has 1 atom stereocenters. The predicted octanol–water partition coefficient (Wildman–Crippen LogP) is 4.06. The lowest BCUT2D eigenvalue weighted by Gasteiger charge is -2.22. The second-order valence-corrected chi connectivity index (χ2v) is 7.46. The number of hydrogen-bond acceptors (Lipinski definition) is 4. The smallest absolute Gasteiger partial charge is 0.132 e. The summed E-state index contributed by atoms with van der Waals surface area (Å²) in [6.45, 7) is 4.81.